The average Bonchev–Trinajstić information content (AvgIpc) is 4.02. The molecule has 3 amide bonds. The number of hydrogen-bond donors (Lipinski definition) is 0. The van der Waals surface area contributed by atoms with E-state index in [1.165, 1.54) is 60.8 Å². The van der Waals surface area contributed by atoms with Crippen LogP contribution in [0.5, 0.6) is 23.0 Å². The quantitative estimate of drug-likeness (QED) is 0.125. The van der Waals surface area contributed by atoms with Crippen LogP contribution in [0.1, 0.15) is 55.0 Å². The van der Waals surface area contributed by atoms with Gasteiger partial charge < -0.3 is 23.8 Å². The van der Waals surface area contributed by atoms with E-state index in [9.17, 15) is 14.4 Å². The monoisotopic (exact) mass is 941 g/mol. The molecule has 1 saturated heterocycles. The molecule has 0 N–H and O–H groups in total. The van der Waals surface area contributed by atoms with E-state index in [0.29, 0.717) is 71.7 Å². The predicted molar refractivity (Wildman–Crippen MR) is 244 cm³/mol. The summed E-state index contributed by atoms with van der Waals surface area (Å²) < 4.78 is 21.4. The summed E-state index contributed by atoms with van der Waals surface area (Å²) in [5.41, 5.74) is 1.63. The number of aromatic nitrogens is 2. The first-order valence-electron chi connectivity index (χ1n) is 18.5. The second-order valence-electron chi connectivity index (χ2n) is 13.4. The molecule has 0 radical (unpaired) electrons. The van der Waals surface area contributed by atoms with Gasteiger partial charge in [0.2, 0.25) is 0 Å². The molecular formula is C43H39Cl4N5O7S2. The molecule has 1 fully saturated rings. The highest BCUT2D eigenvalue weighted by Gasteiger charge is 2.31. The molecule has 12 nitrogen and oxygen atoms in total. The van der Waals surface area contributed by atoms with Crippen LogP contribution in [-0.2, 0) is 0 Å². The molecule has 2 aromatic heterocycles. The van der Waals surface area contributed by atoms with E-state index in [-0.39, 0.29) is 33.5 Å². The minimum atomic E-state index is -0.420. The van der Waals surface area contributed by atoms with Crippen LogP contribution in [0, 0.1) is 6.92 Å². The van der Waals surface area contributed by atoms with Crippen LogP contribution >= 0.6 is 69.1 Å². The number of methoxy groups -OCH3 is 4. The first-order valence-corrected chi connectivity index (χ1v) is 21.6. The third-order valence-electron chi connectivity index (χ3n) is 9.49. The van der Waals surface area contributed by atoms with Crippen LogP contribution in [0.15, 0.2) is 85.2 Å². The highest BCUT2D eigenvalue weighted by molar-refractivity contribution is 7.17. The summed E-state index contributed by atoms with van der Waals surface area (Å²) in [5, 5.41) is 2.21. The van der Waals surface area contributed by atoms with E-state index in [1.54, 1.807) is 74.0 Å². The third kappa shape index (κ3) is 10.2. The molecule has 0 spiro atoms. The average molecular weight is 944 g/mol. The molecular weight excluding hydrogens is 904 g/mol. The van der Waals surface area contributed by atoms with Gasteiger partial charge in [-0.1, -0.05) is 57.7 Å². The van der Waals surface area contributed by atoms with E-state index in [2.05, 4.69) is 9.97 Å². The van der Waals surface area contributed by atoms with Gasteiger partial charge in [0.05, 0.1) is 67.2 Å². The minimum Gasteiger partial charge on any atom is -0.493 e. The first-order chi connectivity index (χ1) is 29.3. The molecule has 3 heterocycles. The summed E-state index contributed by atoms with van der Waals surface area (Å²) in [7, 11) is 6.14. The Balaban J connectivity index is 0.000000210. The van der Waals surface area contributed by atoms with Crippen LogP contribution in [0.3, 0.4) is 0 Å². The topological polar surface area (TPSA) is 124 Å². The normalized spacial score (nSPS) is 13.2. The number of benzene rings is 4. The number of hydrogen-bond acceptors (Lipinski definition) is 11. The van der Waals surface area contributed by atoms with Crippen molar-refractivity contribution in [3.63, 3.8) is 0 Å². The summed E-state index contributed by atoms with van der Waals surface area (Å²) in [5.74, 6) is 1.20. The molecule has 6 aromatic rings. The Labute approximate surface area is 381 Å². The highest BCUT2D eigenvalue weighted by atomic mass is 35.5. The Morgan fingerprint density at radius 1 is 0.656 bits per heavy atom. The first kappa shape index (κ1) is 45.4. The van der Waals surface area contributed by atoms with Gasteiger partial charge in [-0.3, -0.25) is 24.2 Å². The molecule has 18 heteroatoms. The molecule has 4 aromatic carbocycles. The maximum Gasteiger partial charge on any atom is 0.266 e. The lowest BCUT2D eigenvalue weighted by atomic mass is 10.1. The van der Waals surface area contributed by atoms with Crippen LogP contribution in [0.25, 0.3) is 0 Å². The molecule has 7 rings (SSSR count). The third-order valence-corrected chi connectivity index (χ3v) is 12.5. The van der Waals surface area contributed by atoms with Gasteiger partial charge in [0, 0.05) is 45.8 Å². The number of ether oxygens (including phenoxy) is 4. The zero-order valence-electron chi connectivity index (χ0n) is 33.7. The van der Waals surface area contributed by atoms with Crippen molar-refractivity contribution < 1.29 is 33.3 Å². The predicted octanol–water partition coefficient (Wildman–Crippen LogP) is 11.8. The van der Waals surface area contributed by atoms with Crippen LogP contribution < -0.4 is 28.7 Å². The van der Waals surface area contributed by atoms with Crippen LogP contribution in [-0.4, -0.2) is 73.6 Å². The fourth-order valence-electron chi connectivity index (χ4n) is 6.41. The lowest BCUT2D eigenvalue weighted by Gasteiger charge is -2.22. The van der Waals surface area contributed by atoms with Crippen molar-refractivity contribution in [3.05, 3.63) is 126 Å². The molecule has 61 heavy (non-hydrogen) atoms. The summed E-state index contributed by atoms with van der Waals surface area (Å²) in [6.45, 7) is 4.68. The number of aryl methyl sites for hydroxylation is 1. The van der Waals surface area contributed by atoms with Gasteiger partial charge in [-0.2, -0.15) is 0 Å². The second-order valence-corrected chi connectivity index (χ2v) is 17.3. The number of amides is 3. The van der Waals surface area contributed by atoms with Crippen molar-refractivity contribution in [1.82, 2.24) is 14.9 Å². The molecule has 1 aliphatic rings. The molecule has 0 saturated carbocycles. The van der Waals surface area contributed by atoms with Crippen molar-refractivity contribution >= 4 is 108 Å². The number of rotatable bonds is 11. The Bertz CT molecular complexity index is 2570. The number of anilines is 4. The number of carbonyl (C=O) groups excluding carboxylic acids is 3. The van der Waals surface area contributed by atoms with Crippen molar-refractivity contribution in [2.75, 3.05) is 44.8 Å². The largest absolute Gasteiger partial charge is 0.493 e. The van der Waals surface area contributed by atoms with Crippen LogP contribution in [0.4, 0.5) is 21.6 Å². The van der Waals surface area contributed by atoms with E-state index in [0.717, 1.165) is 29.1 Å². The summed E-state index contributed by atoms with van der Waals surface area (Å²) in [6, 6.07) is 19.9. The van der Waals surface area contributed by atoms with Crippen LogP contribution in [0.2, 0.25) is 20.1 Å². The zero-order chi connectivity index (χ0) is 44.0. The van der Waals surface area contributed by atoms with Gasteiger partial charge in [0.1, 0.15) is 4.88 Å². The van der Waals surface area contributed by atoms with Gasteiger partial charge in [0.25, 0.3) is 17.7 Å². The van der Waals surface area contributed by atoms with E-state index < -0.39 is 5.91 Å². The number of halogens is 4. The maximum absolute atomic E-state index is 13.7. The number of thiazole rings is 2. The second kappa shape index (κ2) is 20.2. The summed E-state index contributed by atoms with van der Waals surface area (Å²) in [6.07, 6.45) is 5.18. The zero-order valence-corrected chi connectivity index (χ0v) is 38.4. The van der Waals surface area contributed by atoms with Gasteiger partial charge in [-0.05, 0) is 87.4 Å². The Morgan fingerprint density at radius 3 is 1.54 bits per heavy atom. The van der Waals surface area contributed by atoms with Gasteiger partial charge in [0.15, 0.2) is 33.3 Å². The lowest BCUT2D eigenvalue weighted by molar-refractivity contribution is 0.0751. The number of carbonyl (C=O) groups is 3. The van der Waals surface area contributed by atoms with Gasteiger partial charge in [-0.25, -0.2) is 9.97 Å². The number of likely N-dealkylation sites (tertiary alicyclic amines) is 1. The van der Waals surface area contributed by atoms with Crippen molar-refractivity contribution in [2.24, 2.45) is 0 Å². The Morgan fingerprint density at radius 2 is 1.13 bits per heavy atom. The van der Waals surface area contributed by atoms with Gasteiger partial charge in [-0.15, -0.1) is 11.3 Å². The smallest absolute Gasteiger partial charge is 0.266 e. The minimum absolute atomic E-state index is 0.0852. The molecule has 318 valence electrons. The SMILES string of the molecule is COc1ccc(N(C(=O)c2ccc(Cl)cc2Cl)c2ncc(C(=O)N3CCCC3C)s2)cc1OC.COc1ccc(N(C(=O)c2ccc(Cl)cc2Cl)c2ncc(C)s2)cc1OC. The van der Waals surface area contributed by atoms with Crippen molar-refractivity contribution in [3.8, 4) is 23.0 Å². The fraction of sp³-hybridized carbons (Fsp3) is 0.233. The standard InChI is InChI=1S/C24H23Cl2N3O4S.C19H16Cl2N2O3S/c1-14-5-4-10-28(14)23(31)21-13-27-24(34-21)29(16-7-9-19(32-2)20(12-16)33-3)22(30)17-8-6-15(25)11-18(17)26;1-11-10-22-19(27-11)23(13-5-7-16(25-2)17(9-13)26-3)18(24)14-6-4-12(20)8-15(14)21/h6-9,11-14H,4-5,10H2,1-3H3;4-10H,1-3H3. The molecule has 1 unspecified atom stereocenters. The summed E-state index contributed by atoms with van der Waals surface area (Å²) >= 11 is 27.2. The van der Waals surface area contributed by atoms with E-state index in [4.69, 9.17) is 65.4 Å². The van der Waals surface area contributed by atoms with Crippen molar-refractivity contribution in [2.45, 2.75) is 32.7 Å². The Kier molecular flexibility index (Phi) is 15.0. The fourth-order valence-corrected chi connectivity index (χ4v) is 9.06. The maximum atomic E-state index is 13.7. The Hall–Kier alpha value is -5.09. The molecule has 0 aliphatic carbocycles. The molecule has 1 atom stereocenters. The molecule has 0 bridgehead atoms. The number of nitrogens with zero attached hydrogens (tertiary/aromatic N) is 5. The van der Waals surface area contributed by atoms with Crippen molar-refractivity contribution in [1.29, 1.82) is 0 Å². The van der Waals surface area contributed by atoms with E-state index in [1.807, 2.05) is 18.7 Å². The van der Waals surface area contributed by atoms with E-state index >= 15 is 0 Å². The summed E-state index contributed by atoms with van der Waals surface area (Å²) in [4.78, 5) is 55.1. The van der Waals surface area contributed by atoms with Gasteiger partial charge >= 0.3 is 0 Å². The molecule has 1 aliphatic heterocycles. The lowest BCUT2D eigenvalue weighted by Crippen LogP contribution is -2.33. The highest BCUT2D eigenvalue weighted by Crippen LogP contribution is 2.40.